The lowest BCUT2D eigenvalue weighted by molar-refractivity contribution is 0.587. The molecule has 0 amide bonds. The molecule has 1 aliphatic heterocycles. The van der Waals surface area contributed by atoms with Crippen molar-refractivity contribution in [3.05, 3.63) is 82.9 Å². The summed E-state index contributed by atoms with van der Waals surface area (Å²) in [6.07, 6.45) is 0. The lowest BCUT2D eigenvalue weighted by atomic mass is 9.87. The monoisotopic (exact) mass is 491 g/mol. The van der Waals surface area contributed by atoms with Gasteiger partial charge in [-0.15, -0.1) is 0 Å². The zero-order chi connectivity index (χ0) is 25.4. The van der Waals surface area contributed by atoms with Crippen LogP contribution in [0.15, 0.2) is 65.6 Å². The predicted molar refractivity (Wildman–Crippen MR) is 147 cm³/mol. The summed E-state index contributed by atoms with van der Waals surface area (Å²) in [7, 11) is -3.70. The number of aryl methyl sites for hydroxylation is 2. The highest BCUT2D eigenvalue weighted by molar-refractivity contribution is 7.92. The van der Waals surface area contributed by atoms with Crippen molar-refractivity contribution < 1.29 is 8.42 Å². The van der Waals surface area contributed by atoms with Gasteiger partial charge >= 0.3 is 0 Å². The third-order valence-electron chi connectivity index (χ3n) is 6.92. The highest BCUT2D eigenvalue weighted by atomic mass is 32.2. The molecule has 0 radical (unpaired) electrons. The molecule has 0 aromatic heterocycles. The number of nitrogens with one attached hydrogen (secondary N) is 1. The molecule has 1 N–H and O–H groups in total. The van der Waals surface area contributed by atoms with Crippen molar-refractivity contribution >= 4 is 27.1 Å². The van der Waals surface area contributed by atoms with Crippen LogP contribution in [-0.4, -0.2) is 34.6 Å². The topological polar surface area (TPSA) is 52.6 Å². The summed E-state index contributed by atoms with van der Waals surface area (Å²) in [6.45, 7) is 16.1. The Bertz CT molecular complexity index is 1290. The van der Waals surface area contributed by atoms with E-state index in [2.05, 4.69) is 72.5 Å². The van der Waals surface area contributed by atoms with Gasteiger partial charge in [-0.3, -0.25) is 4.72 Å². The van der Waals surface area contributed by atoms with Crippen molar-refractivity contribution in [3.63, 3.8) is 0 Å². The number of para-hydroxylation sites is 1. The van der Waals surface area contributed by atoms with E-state index in [1.165, 1.54) is 11.3 Å². The molecule has 0 bridgehead atoms. The molecule has 1 fully saturated rings. The van der Waals surface area contributed by atoms with Crippen molar-refractivity contribution in [1.29, 1.82) is 0 Å². The van der Waals surface area contributed by atoms with Crippen molar-refractivity contribution in [3.8, 4) is 0 Å². The van der Waals surface area contributed by atoms with Crippen molar-refractivity contribution in [2.45, 2.75) is 51.9 Å². The fourth-order valence-electron chi connectivity index (χ4n) is 4.97. The Kier molecular flexibility index (Phi) is 6.87. The van der Waals surface area contributed by atoms with E-state index in [4.69, 9.17) is 0 Å². The Hall–Kier alpha value is -2.99. The average molecular weight is 492 g/mol. The maximum Gasteiger partial charge on any atom is 0.261 e. The normalized spacial score (nSPS) is 14.8. The first-order valence-corrected chi connectivity index (χ1v) is 13.7. The second-order valence-electron chi connectivity index (χ2n) is 10.5. The first-order chi connectivity index (χ1) is 16.5. The number of rotatable bonds is 5. The fraction of sp³-hybridized carbons (Fsp3) is 0.379. The summed E-state index contributed by atoms with van der Waals surface area (Å²) in [6, 6.07) is 19.8. The SMILES string of the molecule is Cc1cc(C)c(N2CCN(c3ccccc3)CC2)c(C)c1NS(=O)(=O)c1ccc(C(C)(C)C)cc1. The highest BCUT2D eigenvalue weighted by Crippen LogP contribution is 2.36. The number of benzene rings is 3. The van der Waals surface area contributed by atoms with Gasteiger partial charge in [0, 0.05) is 37.6 Å². The molecule has 0 unspecified atom stereocenters. The van der Waals surface area contributed by atoms with Crippen molar-refractivity contribution in [1.82, 2.24) is 0 Å². The Morgan fingerprint density at radius 1 is 0.771 bits per heavy atom. The van der Waals surface area contributed by atoms with E-state index < -0.39 is 10.0 Å². The van der Waals surface area contributed by atoms with Crippen LogP contribution >= 0.6 is 0 Å². The summed E-state index contributed by atoms with van der Waals surface area (Å²) in [5.74, 6) is 0. The number of anilines is 3. The number of sulfonamides is 1. The van der Waals surface area contributed by atoms with Gasteiger partial charge in [-0.25, -0.2) is 8.42 Å². The number of hydrogen-bond donors (Lipinski definition) is 1. The molecule has 6 heteroatoms. The molecule has 4 rings (SSSR count). The van der Waals surface area contributed by atoms with E-state index >= 15 is 0 Å². The third-order valence-corrected chi connectivity index (χ3v) is 8.28. The zero-order valence-electron chi connectivity index (χ0n) is 21.7. The van der Waals surface area contributed by atoms with Crippen LogP contribution in [-0.2, 0) is 15.4 Å². The van der Waals surface area contributed by atoms with E-state index in [0.717, 1.165) is 48.6 Å². The molecule has 0 atom stereocenters. The molecule has 0 saturated carbocycles. The third kappa shape index (κ3) is 5.32. The van der Waals surface area contributed by atoms with Crippen molar-refractivity contribution in [2.75, 3.05) is 40.7 Å². The standard InChI is InChI=1S/C29H37N3O2S/c1-21-20-22(2)28(32-18-16-31(17-19-32)25-10-8-7-9-11-25)23(3)27(21)30-35(33,34)26-14-12-24(13-15-26)29(4,5)6/h7-15,20,30H,16-19H2,1-6H3. The summed E-state index contributed by atoms with van der Waals surface area (Å²) >= 11 is 0. The van der Waals surface area contributed by atoms with E-state index in [1.807, 2.05) is 32.0 Å². The number of nitrogens with zero attached hydrogens (tertiary/aromatic N) is 2. The highest BCUT2D eigenvalue weighted by Gasteiger charge is 2.24. The summed E-state index contributed by atoms with van der Waals surface area (Å²) in [5.41, 5.74) is 7.21. The Labute approximate surface area is 210 Å². The van der Waals surface area contributed by atoms with Gasteiger partial charge in [0.25, 0.3) is 10.0 Å². The minimum absolute atomic E-state index is 0.0285. The fourth-order valence-corrected chi connectivity index (χ4v) is 6.17. The van der Waals surface area contributed by atoms with Crippen LogP contribution in [0.4, 0.5) is 17.1 Å². The lowest BCUT2D eigenvalue weighted by Crippen LogP contribution is -2.47. The quantitative estimate of drug-likeness (QED) is 0.473. The Morgan fingerprint density at radius 2 is 1.34 bits per heavy atom. The van der Waals surface area contributed by atoms with Gasteiger partial charge in [-0.1, -0.05) is 57.2 Å². The maximum absolute atomic E-state index is 13.3. The average Bonchev–Trinajstić information content (AvgIpc) is 2.82. The van der Waals surface area contributed by atoms with Gasteiger partial charge in [0.15, 0.2) is 0 Å². The molecule has 3 aromatic rings. The van der Waals surface area contributed by atoms with Crippen LogP contribution in [0.3, 0.4) is 0 Å². The van der Waals surface area contributed by atoms with E-state index in [0.29, 0.717) is 5.69 Å². The lowest BCUT2D eigenvalue weighted by Gasteiger charge is -2.39. The summed E-state index contributed by atoms with van der Waals surface area (Å²) < 4.78 is 29.5. The maximum atomic E-state index is 13.3. The molecule has 1 heterocycles. The molecule has 0 spiro atoms. The van der Waals surface area contributed by atoms with Crippen LogP contribution in [0.2, 0.25) is 0 Å². The summed E-state index contributed by atoms with van der Waals surface area (Å²) in [5, 5.41) is 0. The molecular formula is C29H37N3O2S. The van der Waals surface area contributed by atoms with E-state index in [9.17, 15) is 8.42 Å². The first-order valence-electron chi connectivity index (χ1n) is 12.3. The van der Waals surface area contributed by atoms with Crippen LogP contribution in [0.25, 0.3) is 0 Å². The van der Waals surface area contributed by atoms with Crippen LogP contribution < -0.4 is 14.5 Å². The van der Waals surface area contributed by atoms with Crippen LogP contribution in [0, 0.1) is 20.8 Å². The van der Waals surface area contributed by atoms with Gasteiger partial charge in [0.2, 0.25) is 0 Å². The molecule has 1 saturated heterocycles. The molecule has 3 aromatic carbocycles. The second-order valence-corrected chi connectivity index (χ2v) is 12.2. The zero-order valence-corrected chi connectivity index (χ0v) is 22.5. The largest absolute Gasteiger partial charge is 0.368 e. The Morgan fingerprint density at radius 3 is 1.91 bits per heavy atom. The van der Waals surface area contributed by atoms with Gasteiger partial charge in [0.05, 0.1) is 10.6 Å². The van der Waals surface area contributed by atoms with Gasteiger partial charge in [0.1, 0.15) is 0 Å². The second kappa shape index (κ2) is 9.57. The van der Waals surface area contributed by atoms with Gasteiger partial charge < -0.3 is 9.80 Å². The first kappa shape index (κ1) is 25.1. The molecule has 0 aliphatic carbocycles. The van der Waals surface area contributed by atoms with Crippen molar-refractivity contribution in [2.24, 2.45) is 0 Å². The molecular weight excluding hydrogens is 454 g/mol. The number of piperazine rings is 1. The number of hydrogen-bond acceptors (Lipinski definition) is 4. The van der Waals surface area contributed by atoms with Crippen LogP contribution in [0.5, 0.6) is 0 Å². The molecule has 1 aliphatic rings. The minimum Gasteiger partial charge on any atom is -0.368 e. The minimum atomic E-state index is -3.70. The van der Waals surface area contributed by atoms with Gasteiger partial charge in [-0.2, -0.15) is 0 Å². The molecule has 35 heavy (non-hydrogen) atoms. The molecule has 5 nitrogen and oxygen atoms in total. The smallest absolute Gasteiger partial charge is 0.261 e. The van der Waals surface area contributed by atoms with Crippen LogP contribution in [0.1, 0.15) is 43.0 Å². The Balaban J connectivity index is 1.58. The predicted octanol–water partition coefficient (Wildman–Crippen LogP) is 6.04. The summed E-state index contributed by atoms with van der Waals surface area (Å²) in [4.78, 5) is 5.07. The molecule has 186 valence electrons. The van der Waals surface area contributed by atoms with E-state index in [-0.39, 0.29) is 10.3 Å². The van der Waals surface area contributed by atoms with E-state index in [1.54, 1.807) is 12.1 Å². The van der Waals surface area contributed by atoms with Gasteiger partial charge in [-0.05, 0) is 72.7 Å².